The van der Waals surface area contributed by atoms with Crippen molar-refractivity contribution in [2.45, 2.75) is 10.1 Å². The van der Waals surface area contributed by atoms with Crippen molar-refractivity contribution in [1.29, 1.82) is 0 Å². The molecular weight excluding hydrogens is 543 g/mol. The number of nitrogens with one attached hydrogen (secondary N) is 2. The van der Waals surface area contributed by atoms with Crippen LogP contribution in [0.3, 0.4) is 0 Å². The molecule has 0 spiro atoms. The maximum absolute atomic E-state index is 13.4. The fourth-order valence-electron chi connectivity index (χ4n) is 3.73. The lowest BCUT2D eigenvalue weighted by Crippen LogP contribution is -2.19. The molecule has 0 radical (unpaired) electrons. The molecule has 0 aliphatic carbocycles. The fourth-order valence-corrected chi connectivity index (χ4v) is 5.12. The molecule has 1 unspecified atom stereocenters. The highest BCUT2D eigenvalue weighted by molar-refractivity contribution is 8.00. The van der Waals surface area contributed by atoms with E-state index in [-0.39, 0.29) is 11.8 Å². The van der Waals surface area contributed by atoms with Gasteiger partial charge in [-0.2, -0.15) is 0 Å². The van der Waals surface area contributed by atoms with Crippen LogP contribution in [0.15, 0.2) is 95.9 Å². The molecule has 0 saturated carbocycles. The number of hydrogen-bond acceptors (Lipinski definition) is 5. The Morgan fingerprint density at radius 3 is 2.05 bits per heavy atom. The zero-order valence-electron chi connectivity index (χ0n) is 20.5. The minimum absolute atomic E-state index is 0.229. The van der Waals surface area contributed by atoms with Crippen molar-refractivity contribution < 1.29 is 19.1 Å². The number of hydrogen-bond donors (Lipinski definition) is 2. The van der Waals surface area contributed by atoms with Gasteiger partial charge in [-0.3, -0.25) is 9.59 Å². The summed E-state index contributed by atoms with van der Waals surface area (Å²) in [5, 5.41) is 6.00. The number of ether oxygens (including phenoxy) is 2. The van der Waals surface area contributed by atoms with Gasteiger partial charge in [0.2, 0.25) is 5.91 Å². The van der Waals surface area contributed by atoms with Crippen LogP contribution in [0.5, 0.6) is 11.5 Å². The lowest BCUT2D eigenvalue weighted by Gasteiger charge is -2.18. The van der Waals surface area contributed by atoms with E-state index >= 15 is 0 Å². The van der Waals surface area contributed by atoms with Crippen molar-refractivity contribution in [2.24, 2.45) is 0 Å². The van der Waals surface area contributed by atoms with Crippen LogP contribution in [0.2, 0.25) is 10.0 Å². The molecule has 0 bridgehead atoms. The lowest BCUT2D eigenvalue weighted by atomic mass is 10.1. The Hall–Kier alpha value is -3.65. The normalized spacial score (nSPS) is 11.4. The predicted molar refractivity (Wildman–Crippen MR) is 154 cm³/mol. The van der Waals surface area contributed by atoms with Crippen LogP contribution in [-0.4, -0.2) is 26.0 Å². The zero-order chi connectivity index (χ0) is 27.1. The third-order valence-electron chi connectivity index (χ3n) is 5.53. The largest absolute Gasteiger partial charge is 0.496 e. The van der Waals surface area contributed by atoms with Crippen molar-refractivity contribution in [2.75, 3.05) is 24.9 Å². The standard InChI is InChI=1S/C29H24Cl2N2O4S/c1-36-24-12-7-13-25(37-2)26(24)28(34)32-19-10-6-11-21(16-19)38-27(18-8-4-3-5-9-18)29(35)33-20-14-15-22(30)23(31)17-20/h3-17,27H,1-2H3,(H,32,34)(H,33,35). The molecule has 2 amide bonds. The van der Waals surface area contributed by atoms with Crippen LogP contribution in [0, 0.1) is 0 Å². The third kappa shape index (κ3) is 6.61. The number of methoxy groups -OCH3 is 2. The summed E-state index contributed by atoms with van der Waals surface area (Å²) in [6, 6.07) is 26.8. The second-order valence-corrected chi connectivity index (χ2v) is 10.0. The maximum Gasteiger partial charge on any atom is 0.263 e. The van der Waals surface area contributed by atoms with Crippen LogP contribution in [0.4, 0.5) is 11.4 Å². The Bertz CT molecular complexity index is 1430. The summed E-state index contributed by atoms with van der Waals surface area (Å²) in [4.78, 5) is 27.3. The first-order valence-corrected chi connectivity index (χ1v) is 13.1. The highest BCUT2D eigenvalue weighted by Gasteiger charge is 2.23. The maximum atomic E-state index is 13.4. The predicted octanol–water partition coefficient (Wildman–Crippen LogP) is 7.74. The minimum atomic E-state index is -0.578. The summed E-state index contributed by atoms with van der Waals surface area (Å²) in [6.45, 7) is 0. The van der Waals surface area contributed by atoms with E-state index in [0.717, 1.165) is 10.5 Å². The number of benzene rings is 4. The number of carbonyl (C=O) groups is 2. The van der Waals surface area contributed by atoms with Crippen molar-refractivity contribution in [1.82, 2.24) is 0 Å². The van der Waals surface area contributed by atoms with E-state index in [0.29, 0.717) is 38.5 Å². The molecule has 4 rings (SSSR count). The summed E-state index contributed by atoms with van der Waals surface area (Å²) < 4.78 is 10.7. The Labute approximate surface area is 235 Å². The summed E-state index contributed by atoms with van der Waals surface area (Å²) in [6.07, 6.45) is 0. The molecule has 6 nitrogen and oxygen atoms in total. The van der Waals surface area contributed by atoms with Crippen LogP contribution in [-0.2, 0) is 4.79 Å². The number of amides is 2. The van der Waals surface area contributed by atoms with Gasteiger partial charge in [0.1, 0.15) is 22.3 Å². The first-order valence-electron chi connectivity index (χ1n) is 11.5. The molecule has 0 heterocycles. The van der Waals surface area contributed by atoms with Gasteiger partial charge >= 0.3 is 0 Å². The van der Waals surface area contributed by atoms with Gasteiger partial charge in [-0.1, -0.05) is 65.7 Å². The Morgan fingerprint density at radius 1 is 0.737 bits per heavy atom. The highest BCUT2D eigenvalue weighted by atomic mass is 35.5. The molecule has 38 heavy (non-hydrogen) atoms. The van der Waals surface area contributed by atoms with Gasteiger partial charge in [0, 0.05) is 16.3 Å². The fraction of sp³-hybridized carbons (Fsp3) is 0.103. The van der Waals surface area contributed by atoms with E-state index in [9.17, 15) is 9.59 Å². The molecule has 0 aliphatic rings. The Morgan fingerprint density at radius 2 is 1.39 bits per heavy atom. The van der Waals surface area contributed by atoms with E-state index in [1.54, 1.807) is 42.5 Å². The van der Waals surface area contributed by atoms with Gasteiger partial charge in [0.15, 0.2) is 0 Å². The summed E-state index contributed by atoms with van der Waals surface area (Å²) in [7, 11) is 2.99. The van der Waals surface area contributed by atoms with E-state index in [4.69, 9.17) is 32.7 Å². The number of halogens is 2. The molecule has 4 aromatic rings. The smallest absolute Gasteiger partial charge is 0.263 e. The zero-order valence-corrected chi connectivity index (χ0v) is 22.9. The van der Waals surface area contributed by atoms with E-state index < -0.39 is 5.25 Å². The highest BCUT2D eigenvalue weighted by Crippen LogP contribution is 2.38. The molecule has 0 aliphatic heterocycles. The van der Waals surface area contributed by atoms with Gasteiger partial charge in [0.25, 0.3) is 5.91 Å². The van der Waals surface area contributed by atoms with E-state index in [1.165, 1.54) is 26.0 Å². The quantitative estimate of drug-likeness (QED) is 0.203. The summed E-state index contributed by atoms with van der Waals surface area (Å²) >= 11 is 13.5. The number of anilines is 2. The molecular formula is C29H24Cl2N2O4S. The summed E-state index contributed by atoms with van der Waals surface area (Å²) in [5.41, 5.74) is 2.21. The molecule has 0 aromatic heterocycles. The molecule has 4 aromatic carbocycles. The molecule has 1 atom stereocenters. The van der Waals surface area contributed by atoms with Gasteiger partial charge in [-0.25, -0.2) is 0 Å². The van der Waals surface area contributed by atoms with Crippen LogP contribution >= 0.6 is 35.0 Å². The Balaban J connectivity index is 1.57. The Kier molecular flexibility index (Phi) is 9.18. The summed E-state index contributed by atoms with van der Waals surface area (Å²) in [5.74, 6) is 0.192. The average molecular weight is 567 g/mol. The van der Waals surface area contributed by atoms with Crippen LogP contribution < -0.4 is 20.1 Å². The second-order valence-electron chi connectivity index (χ2n) is 8.05. The second kappa shape index (κ2) is 12.7. The third-order valence-corrected chi connectivity index (χ3v) is 7.52. The number of carbonyl (C=O) groups excluding carboxylic acids is 2. The van der Waals surface area contributed by atoms with Crippen LogP contribution in [0.1, 0.15) is 21.2 Å². The number of rotatable bonds is 9. The molecule has 2 N–H and O–H groups in total. The van der Waals surface area contributed by atoms with Crippen LogP contribution in [0.25, 0.3) is 0 Å². The monoisotopic (exact) mass is 566 g/mol. The molecule has 0 fully saturated rings. The lowest BCUT2D eigenvalue weighted by molar-refractivity contribution is -0.115. The topological polar surface area (TPSA) is 76.7 Å². The van der Waals surface area contributed by atoms with Crippen molar-refractivity contribution >= 4 is 58.2 Å². The molecule has 194 valence electrons. The number of thioether (sulfide) groups is 1. The first kappa shape index (κ1) is 27.4. The minimum Gasteiger partial charge on any atom is -0.496 e. The SMILES string of the molecule is COc1cccc(OC)c1C(=O)Nc1cccc(SC(C(=O)Nc2ccc(Cl)c(Cl)c2)c2ccccc2)c1. The average Bonchev–Trinajstić information content (AvgIpc) is 2.93. The first-order chi connectivity index (χ1) is 18.4. The van der Waals surface area contributed by atoms with Crippen molar-refractivity contribution in [3.63, 3.8) is 0 Å². The van der Waals surface area contributed by atoms with Gasteiger partial charge in [-0.05, 0) is 54.1 Å². The van der Waals surface area contributed by atoms with Crippen molar-refractivity contribution in [3.05, 3.63) is 112 Å². The van der Waals surface area contributed by atoms with Gasteiger partial charge in [0.05, 0.1) is 24.3 Å². The van der Waals surface area contributed by atoms with Crippen molar-refractivity contribution in [3.8, 4) is 11.5 Å². The molecule has 0 saturated heterocycles. The van der Waals surface area contributed by atoms with Gasteiger partial charge < -0.3 is 20.1 Å². The van der Waals surface area contributed by atoms with E-state index in [2.05, 4.69) is 10.6 Å². The van der Waals surface area contributed by atoms with Gasteiger partial charge in [-0.15, -0.1) is 11.8 Å². The molecule has 9 heteroatoms. The van der Waals surface area contributed by atoms with E-state index in [1.807, 2.05) is 48.5 Å².